The lowest BCUT2D eigenvalue weighted by Crippen LogP contribution is -2.20. The highest BCUT2D eigenvalue weighted by Gasteiger charge is 2.27. The minimum Gasteiger partial charge on any atom is -0.477 e. The number of carbonyl (C=O) groups excluding carboxylic acids is 1. The van der Waals surface area contributed by atoms with Gasteiger partial charge in [0.1, 0.15) is 6.61 Å². The van der Waals surface area contributed by atoms with Crippen LogP contribution in [0.2, 0.25) is 0 Å². The van der Waals surface area contributed by atoms with Crippen LogP contribution in [0.1, 0.15) is 11.1 Å². The summed E-state index contributed by atoms with van der Waals surface area (Å²) in [7, 11) is 1.78. The number of hydrogen-bond acceptors (Lipinski definition) is 7. The fraction of sp³-hybridized carbons (Fsp3) is 0.278. The summed E-state index contributed by atoms with van der Waals surface area (Å²) in [4.78, 5) is 32.9. The lowest BCUT2D eigenvalue weighted by molar-refractivity contribution is -0.396. The molecule has 1 N–H and O–H groups in total. The third-order valence-electron chi connectivity index (χ3n) is 3.86. The van der Waals surface area contributed by atoms with Crippen molar-refractivity contribution in [1.82, 2.24) is 10.2 Å². The van der Waals surface area contributed by atoms with Crippen LogP contribution in [0.3, 0.4) is 0 Å². The van der Waals surface area contributed by atoms with Crippen molar-refractivity contribution in [2.45, 2.75) is 13.5 Å². The van der Waals surface area contributed by atoms with Gasteiger partial charge in [0.15, 0.2) is 0 Å². The molecule has 148 valence electrons. The molecule has 1 fully saturated rings. The minimum absolute atomic E-state index is 0.0194. The molecule has 1 amide bonds. The summed E-state index contributed by atoms with van der Waals surface area (Å²) in [6.07, 6.45) is 0. The van der Waals surface area contributed by atoms with E-state index in [1.165, 1.54) is 12.1 Å². The molecule has 1 aliphatic rings. The van der Waals surface area contributed by atoms with Crippen molar-refractivity contribution in [3.05, 3.63) is 73.8 Å². The van der Waals surface area contributed by atoms with Gasteiger partial charge in [-0.1, -0.05) is 30.3 Å². The van der Waals surface area contributed by atoms with Gasteiger partial charge in [-0.15, -0.1) is 0 Å². The maximum Gasteiger partial charge on any atom is 0.318 e. The summed E-state index contributed by atoms with van der Waals surface area (Å²) >= 11 is 0. The molecule has 0 aliphatic carbocycles. The second-order valence-corrected chi connectivity index (χ2v) is 6.10. The molecule has 10 heteroatoms. The third kappa shape index (κ3) is 5.48. The van der Waals surface area contributed by atoms with E-state index in [2.05, 4.69) is 5.32 Å². The van der Waals surface area contributed by atoms with E-state index in [1.807, 2.05) is 6.07 Å². The third-order valence-corrected chi connectivity index (χ3v) is 3.86. The average molecular weight is 388 g/mol. The number of nitrogens with zero attached hydrogens (tertiary/aromatic N) is 3. The summed E-state index contributed by atoms with van der Waals surface area (Å²) in [5.41, 5.74) is 0.386. The Bertz CT molecular complexity index is 837. The van der Waals surface area contributed by atoms with Gasteiger partial charge in [-0.05, 0) is 18.1 Å². The molecule has 2 aromatic carbocycles. The van der Waals surface area contributed by atoms with Gasteiger partial charge in [0.05, 0.1) is 23.1 Å². The van der Waals surface area contributed by atoms with E-state index in [4.69, 9.17) is 4.74 Å². The van der Waals surface area contributed by atoms with Gasteiger partial charge in [-0.3, -0.25) is 30.3 Å². The van der Waals surface area contributed by atoms with Crippen LogP contribution in [-0.2, 0) is 11.4 Å². The highest BCUT2D eigenvalue weighted by atomic mass is 16.6. The van der Waals surface area contributed by atoms with E-state index in [9.17, 15) is 25.0 Å². The molecule has 0 atom stereocenters. The lowest BCUT2D eigenvalue weighted by atomic mass is 10.1. The Kier molecular flexibility index (Phi) is 6.99. The molecule has 0 aromatic heterocycles. The SMILES string of the molecule is CN1CNCC1=O.Cc1cc([N+](=O)[O-])c(OCc2ccccc2)c([N+](=O)[O-])c1. The Labute approximate surface area is 161 Å². The van der Waals surface area contributed by atoms with Crippen LogP contribution in [-0.4, -0.2) is 40.9 Å². The molecule has 1 heterocycles. The predicted octanol–water partition coefficient (Wildman–Crippen LogP) is 2.40. The minimum atomic E-state index is -0.680. The number of carbonyl (C=O) groups is 1. The van der Waals surface area contributed by atoms with Gasteiger partial charge >= 0.3 is 11.4 Å². The smallest absolute Gasteiger partial charge is 0.318 e. The molecule has 3 rings (SSSR count). The van der Waals surface area contributed by atoms with E-state index < -0.39 is 21.2 Å². The Balaban J connectivity index is 0.000000336. The molecule has 0 radical (unpaired) electrons. The zero-order chi connectivity index (χ0) is 20.7. The van der Waals surface area contributed by atoms with Gasteiger partial charge in [0.25, 0.3) is 5.75 Å². The summed E-state index contributed by atoms with van der Waals surface area (Å²) in [6, 6.07) is 11.5. The van der Waals surface area contributed by atoms with Gasteiger partial charge in [-0.25, -0.2) is 0 Å². The van der Waals surface area contributed by atoms with E-state index in [-0.39, 0.29) is 18.3 Å². The maximum atomic E-state index is 11.1. The zero-order valence-corrected chi connectivity index (χ0v) is 15.5. The number of nitro benzene ring substituents is 2. The molecule has 28 heavy (non-hydrogen) atoms. The van der Waals surface area contributed by atoms with Crippen molar-refractivity contribution in [3.8, 4) is 5.75 Å². The largest absolute Gasteiger partial charge is 0.477 e. The molecule has 1 saturated heterocycles. The van der Waals surface area contributed by atoms with Crippen molar-refractivity contribution >= 4 is 17.3 Å². The lowest BCUT2D eigenvalue weighted by Gasteiger charge is -2.08. The Morgan fingerprint density at radius 3 is 2.07 bits per heavy atom. The average Bonchev–Trinajstić information content (AvgIpc) is 3.04. The predicted molar refractivity (Wildman–Crippen MR) is 101 cm³/mol. The van der Waals surface area contributed by atoms with Crippen LogP contribution >= 0.6 is 0 Å². The van der Waals surface area contributed by atoms with Crippen molar-refractivity contribution in [1.29, 1.82) is 0 Å². The first-order valence-corrected chi connectivity index (χ1v) is 8.34. The number of amides is 1. The molecule has 0 bridgehead atoms. The Morgan fingerprint density at radius 2 is 1.68 bits per heavy atom. The number of hydrogen-bond donors (Lipinski definition) is 1. The van der Waals surface area contributed by atoms with Gasteiger partial charge < -0.3 is 9.64 Å². The molecule has 10 nitrogen and oxygen atoms in total. The summed E-state index contributed by atoms with van der Waals surface area (Å²) in [6.45, 7) is 2.79. The number of nitro groups is 2. The van der Waals surface area contributed by atoms with Crippen LogP contribution in [0.15, 0.2) is 42.5 Å². The maximum absolute atomic E-state index is 11.1. The number of aryl methyl sites for hydroxylation is 1. The number of nitrogens with one attached hydrogen (secondary N) is 1. The molecule has 2 aromatic rings. The van der Waals surface area contributed by atoms with Crippen LogP contribution < -0.4 is 10.1 Å². The van der Waals surface area contributed by atoms with E-state index >= 15 is 0 Å². The normalized spacial score (nSPS) is 12.9. The van der Waals surface area contributed by atoms with E-state index in [0.717, 1.165) is 5.56 Å². The highest BCUT2D eigenvalue weighted by molar-refractivity contribution is 5.79. The topological polar surface area (TPSA) is 128 Å². The fourth-order valence-corrected chi connectivity index (χ4v) is 2.44. The first kappa shape index (κ1) is 20.8. The van der Waals surface area contributed by atoms with Crippen LogP contribution in [0.5, 0.6) is 5.75 Å². The molecule has 0 saturated carbocycles. The second kappa shape index (κ2) is 9.42. The fourth-order valence-electron chi connectivity index (χ4n) is 2.44. The molecular formula is C18H20N4O6. The van der Waals surface area contributed by atoms with Crippen LogP contribution in [0, 0.1) is 27.2 Å². The van der Waals surface area contributed by atoms with Crippen molar-refractivity contribution in [2.75, 3.05) is 20.3 Å². The molecule has 1 aliphatic heterocycles. The number of rotatable bonds is 5. The Morgan fingerprint density at radius 1 is 1.11 bits per heavy atom. The molecule has 0 unspecified atom stereocenters. The number of ether oxygens (including phenoxy) is 1. The van der Waals surface area contributed by atoms with Crippen LogP contribution in [0.4, 0.5) is 11.4 Å². The summed E-state index contributed by atoms with van der Waals surface area (Å²) < 4.78 is 5.35. The number of benzene rings is 2. The monoisotopic (exact) mass is 388 g/mol. The van der Waals surface area contributed by atoms with Crippen molar-refractivity contribution in [2.24, 2.45) is 0 Å². The summed E-state index contributed by atoms with van der Waals surface area (Å²) in [5, 5.41) is 25.0. The molecular weight excluding hydrogens is 368 g/mol. The first-order valence-electron chi connectivity index (χ1n) is 8.34. The second-order valence-electron chi connectivity index (χ2n) is 6.10. The summed E-state index contributed by atoms with van der Waals surface area (Å²) in [5.74, 6) is -0.139. The standard InChI is InChI=1S/C14H12N2O5.C4H8N2O/c1-10-7-12(15(17)18)14(13(8-10)16(19)20)21-9-11-5-3-2-4-6-11;1-6-3-5-2-4(6)7/h2-8H,9H2,1H3;5H,2-3H2,1H3. The van der Waals surface area contributed by atoms with E-state index in [0.29, 0.717) is 18.8 Å². The number of likely N-dealkylation sites (N-methyl/N-ethyl adjacent to an activating group) is 1. The van der Waals surface area contributed by atoms with Crippen molar-refractivity contribution in [3.63, 3.8) is 0 Å². The highest BCUT2D eigenvalue weighted by Crippen LogP contribution is 2.38. The Hall–Kier alpha value is -3.53. The van der Waals surface area contributed by atoms with Gasteiger partial charge in [-0.2, -0.15) is 0 Å². The van der Waals surface area contributed by atoms with Crippen molar-refractivity contribution < 1.29 is 19.4 Å². The van der Waals surface area contributed by atoms with E-state index in [1.54, 1.807) is 43.1 Å². The van der Waals surface area contributed by atoms with Crippen LogP contribution in [0.25, 0.3) is 0 Å². The van der Waals surface area contributed by atoms with Gasteiger partial charge in [0.2, 0.25) is 5.91 Å². The quantitative estimate of drug-likeness (QED) is 0.615. The first-order chi connectivity index (χ1) is 13.3. The molecule has 0 spiro atoms. The van der Waals surface area contributed by atoms with Gasteiger partial charge in [0, 0.05) is 19.2 Å². The zero-order valence-electron chi connectivity index (χ0n) is 15.5.